The van der Waals surface area contributed by atoms with E-state index in [-0.39, 0.29) is 16.7 Å². The lowest BCUT2D eigenvalue weighted by atomic mass is 9.88. The van der Waals surface area contributed by atoms with E-state index in [1.165, 1.54) is 22.9 Å². The molecular weight excluding hydrogens is 398 g/mol. The number of anilines is 1. The number of halogens is 1. The number of imidazole rings is 1. The first kappa shape index (κ1) is 18.2. The van der Waals surface area contributed by atoms with Gasteiger partial charge in [-0.1, -0.05) is 24.3 Å². The molecule has 9 heteroatoms. The number of aliphatic hydroxyl groups is 2. The smallest absolute Gasteiger partial charge is 0.226 e. The van der Waals surface area contributed by atoms with Crippen LogP contribution in [0.5, 0.6) is 0 Å². The number of benzene rings is 1. The standard InChI is InChI=1S/C19H20ClN5O2S/c20-19-23-16(22-12-6-5-10-3-1-2-4-11(10)7-12)14-17(24-19)25(9-21-14)18-15(27)13(26)8-28-18/h1-4,9,12-13,15,18,26-27H,5-8H2,(H,22,23,24)/t12-,13+,15+,18+/m0/s1. The minimum Gasteiger partial charge on any atom is -0.389 e. The van der Waals surface area contributed by atoms with Crippen molar-refractivity contribution < 1.29 is 10.2 Å². The van der Waals surface area contributed by atoms with Gasteiger partial charge >= 0.3 is 0 Å². The van der Waals surface area contributed by atoms with Crippen molar-refractivity contribution in [3.63, 3.8) is 0 Å². The van der Waals surface area contributed by atoms with Gasteiger partial charge < -0.3 is 15.5 Å². The Balaban J connectivity index is 1.46. The van der Waals surface area contributed by atoms with E-state index in [0.29, 0.717) is 22.7 Å². The van der Waals surface area contributed by atoms with Crippen molar-refractivity contribution in [1.82, 2.24) is 19.5 Å². The molecule has 3 heterocycles. The highest BCUT2D eigenvalue weighted by molar-refractivity contribution is 7.99. The summed E-state index contributed by atoms with van der Waals surface area (Å²) in [6.07, 6.45) is 2.95. The fraction of sp³-hybridized carbons (Fsp3) is 0.421. The number of aliphatic hydroxyl groups excluding tert-OH is 2. The van der Waals surface area contributed by atoms with Gasteiger partial charge in [-0.25, -0.2) is 4.98 Å². The molecule has 0 spiro atoms. The van der Waals surface area contributed by atoms with Gasteiger partial charge in [0.25, 0.3) is 0 Å². The summed E-state index contributed by atoms with van der Waals surface area (Å²) in [6, 6.07) is 8.75. The van der Waals surface area contributed by atoms with Gasteiger partial charge in [0.2, 0.25) is 5.28 Å². The number of aryl methyl sites for hydroxylation is 1. The van der Waals surface area contributed by atoms with Crippen LogP contribution in [0.1, 0.15) is 22.9 Å². The van der Waals surface area contributed by atoms with Crippen molar-refractivity contribution in [3.8, 4) is 0 Å². The predicted molar refractivity (Wildman–Crippen MR) is 110 cm³/mol. The van der Waals surface area contributed by atoms with E-state index >= 15 is 0 Å². The van der Waals surface area contributed by atoms with Crippen LogP contribution in [0.3, 0.4) is 0 Å². The molecule has 0 unspecified atom stereocenters. The van der Waals surface area contributed by atoms with Crippen LogP contribution in [0.4, 0.5) is 5.82 Å². The molecule has 0 bridgehead atoms. The summed E-state index contributed by atoms with van der Waals surface area (Å²) in [4.78, 5) is 13.2. The number of nitrogens with one attached hydrogen (secondary N) is 1. The molecular formula is C19H20ClN5O2S. The summed E-state index contributed by atoms with van der Waals surface area (Å²) in [5.74, 6) is 1.08. The molecule has 3 N–H and O–H groups in total. The molecule has 4 atom stereocenters. The molecule has 3 aromatic rings. The molecule has 0 saturated carbocycles. The van der Waals surface area contributed by atoms with Gasteiger partial charge in [-0.15, -0.1) is 11.8 Å². The minimum absolute atomic E-state index is 0.131. The third-order valence-corrected chi connectivity index (χ3v) is 7.03. The Morgan fingerprint density at radius 2 is 2.00 bits per heavy atom. The van der Waals surface area contributed by atoms with E-state index < -0.39 is 12.2 Å². The van der Waals surface area contributed by atoms with E-state index in [9.17, 15) is 10.2 Å². The maximum Gasteiger partial charge on any atom is 0.226 e. The Labute approximate surface area is 171 Å². The van der Waals surface area contributed by atoms with Crippen LogP contribution in [0, 0.1) is 0 Å². The molecule has 5 rings (SSSR count). The SMILES string of the molecule is O[C@@H]1[C@H](O)CS[C@H]1n1cnc2c(N[C@H]3CCc4ccccc4C3)nc(Cl)nc21. The van der Waals surface area contributed by atoms with Crippen molar-refractivity contribution in [1.29, 1.82) is 0 Å². The summed E-state index contributed by atoms with van der Waals surface area (Å²) in [7, 11) is 0. The lowest BCUT2D eigenvalue weighted by molar-refractivity contribution is 0.0313. The van der Waals surface area contributed by atoms with Gasteiger partial charge in [-0.3, -0.25) is 4.57 Å². The van der Waals surface area contributed by atoms with Crippen molar-refractivity contribution in [3.05, 3.63) is 47.0 Å². The number of aromatic nitrogens is 4. The van der Waals surface area contributed by atoms with Gasteiger partial charge in [0, 0.05) is 11.8 Å². The van der Waals surface area contributed by atoms with Gasteiger partial charge in [0.15, 0.2) is 17.0 Å². The van der Waals surface area contributed by atoms with Crippen LogP contribution >= 0.6 is 23.4 Å². The lowest BCUT2D eigenvalue weighted by Gasteiger charge is -2.26. The molecule has 2 aromatic heterocycles. The van der Waals surface area contributed by atoms with Crippen LogP contribution < -0.4 is 5.32 Å². The monoisotopic (exact) mass is 417 g/mol. The molecule has 1 aromatic carbocycles. The van der Waals surface area contributed by atoms with Gasteiger partial charge in [-0.2, -0.15) is 9.97 Å². The summed E-state index contributed by atoms with van der Waals surface area (Å²) < 4.78 is 1.77. The largest absolute Gasteiger partial charge is 0.389 e. The molecule has 7 nitrogen and oxygen atoms in total. The Hall–Kier alpha value is -1.87. The predicted octanol–water partition coefficient (Wildman–Crippen LogP) is 2.42. The molecule has 1 saturated heterocycles. The second-order valence-electron chi connectivity index (χ2n) is 7.30. The highest BCUT2D eigenvalue weighted by Crippen LogP contribution is 2.38. The number of thioether (sulfide) groups is 1. The van der Waals surface area contributed by atoms with Crippen LogP contribution in [-0.2, 0) is 12.8 Å². The molecule has 146 valence electrons. The highest BCUT2D eigenvalue weighted by atomic mass is 35.5. The fourth-order valence-electron chi connectivity index (χ4n) is 4.02. The molecule has 1 fully saturated rings. The Morgan fingerprint density at radius 3 is 2.79 bits per heavy atom. The lowest BCUT2D eigenvalue weighted by Crippen LogP contribution is -2.28. The van der Waals surface area contributed by atoms with E-state index in [1.807, 2.05) is 0 Å². The Morgan fingerprint density at radius 1 is 1.18 bits per heavy atom. The number of nitrogens with zero attached hydrogens (tertiary/aromatic N) is 4. The van der Waals surface area contributed by atoms with Crippen molar-refractivity contribution in [2.75, 3.05) is 11.1 Å². The normalized spacial score (nSPS) is 27.1. The third-order valence-electron chi connectivity index (χ3n) is 5.48. The van der Waals surface area contributed by atoms with E-state index in [0.717, 1.165) is 19.3 Å². The molecule has 2 aliphatic rings. The molecule has 0 radical (unpaired) electrons. The third kappa shape index (κ3) is 3.14. The quantitative estimate of drug-likeness (QED) is 0.563. The summed E-state index contributed by atoms with van der Waals surface area (Å²) in [6.45, 7) is 0. The zero-order chi connectivity index (χ0) is 19.3. The second-order valence-corrected chi connectivity index (χ2v) is 8.79. The Kier molecular flexibility index (Phi) is 4.66. The topological polar surface area (TPSA) is 96.1 Å². The van der Waals surface area contributed by atoms with Crippen LogP contribution in [0.15, 0.2) is 30.6 Å². The molecule has 1 aliphatic carbocycles. The van der Waals surface area contributed by atoms with Crippen molar-refractivity contribution >= 4 is 40.3 Å². The summed E-state index contributed by atoms with van der Waals surface area (Å²) in [5, 5.41) is 23.4. The molecule has 1 aliphatic heterocycles. The van der Waals surface area contributed by atoms with E-state index in [2.05, 4.69) is 44.5 Å². The Bertz CT molecular complexity index is 1030. The van der Waals surface area contributed by atoms with E-state index in [1.54, 1.807) is 10.9 Å². The average Bonchev–Trinajstić information content (AvgIpc) is 3.25. The first-order valence-electron chi connectivity index (χ1n) is 9.31. The average molecular weight is 418 g/mol. The van der Waals surface area contributed by atoms with Gasteiger partial charge in [-0.05, 0) is 42.0 Å². The van der Waals surface area contributed by atoms with Crippen LogP contribution in [0.2, 0.25) is 5.28 Å². The van der Waals surface area contributed by atoms with Crippen molar-refractivity contribution in [2.24, 2.45) is 0 Å². The number of hydrogen-bond donors (Lipinski definition) is 3. The highest BCUT2D eigenvalue weighted by Gasteiger charge is 2.36. The first-order chi connectivity index (χ1) is 13.6. The zero-order valence-corrected chi connectivity index (χ0v) is 16.6. The van der Waals surface area contributed by atoms with Crippen LogP contribution in [-0.4, -0.2) is 53.7 Å². The zero-order valence-electron chi connectivity index (χ0n) is 15.0. The maximum atomic E-state index is 10.3. The summed E-state index contributed by atoms with van der Waals surface area (Å²) in [5.41, 5.74) is 3.94. The number of hydrogen-bond acceptors (Lipinski definition) is 7. The van der Waals surface area contributed by atoms with E-state index in [4.69, 9.17) is 11.6 Å². The minimum atomic E-state index is -0.873. The second kappa shape index (κ2) is 7.18. The van der Waals surface area contributed by atoms with Gasteiger partial charge in [0.1, 0.15) is 11.5 Å². The number of rotatable bonds is 3. The summed E-state index contributed by atoms with van der Waals surface area (Å²) >= 11 is 7.67. The molecule has 0 amide bonds. The fourth-order valence-corrected chi connectivity index (χ4v) is 5.47. The maximum absolute atomic E-state index is 10.3. The first-order valence-corrected chi connectivity index (χ1v) is 10.7. The molecule has 28 heavy (non-hydrogen) atoms. The number of fused-ring (bicyclic) bond motifs is 2. The van der Waals surface area contributed by atoms with Crippen LogP contribution in [0.25, 0.3) is 11.2 Å². The van der Waals surface area contributed by atoms with Crippen molar-refractivity contribution in [2.45, 2.75) is 42.9 Å². The van der Waals surface area contributed by atoms with Gasteiger partial charge in [0.05, 0.1) is 12.4 Å².